The number of carbonyl (C=O) groups is 1. The summed E-state index contributed by atoms with van der Waals surface area (Å²) in [5, 5.41) is 0. The van der Waals surface area contributed by atoms with Crippen LogP contribution < -0.4 is 0 Å². The van der Waals surface area contributed by atoms with E-state index in [-0.39, 0.29) is 11.9 Å². The van der Waals surface area contributed by atoms with Crippen LogP contribution in [0.3, 0.4) is 0 Å². The Morgan fingerprint density at radius 1 is 1.27 bits per heavy atom. The van der Waals surface area contributed by atoms with Gasteiger partial charge in [0.15, 0.2) is 5.78 Å². The number of ketones is 1. The van der Waals surface area contributed by atoms with Crippen molar-refractivity contribution in [3.8, 4) is 0 Å². The highest BCUT2D eigenvalue weighted by Gasteiger charge is 2.55. The first-order valence-electron chi connectivity index (χ1n) is 8.19. The Labute approximate surface area is 133 Å². The number of hydrogen-bond donors (Lipinski definition) is 0. The zero-order valence-electron chi connectivity index (χ0n) is 13.9. The van der Waals surface area contributed by atoms with Gasteiger partial charge >= 0.3 is 0 Å². The van der Waals surface area contributed by atoms with Gasteiger partial charge in [0.05, 0.1) is 6.10 Å². The van der Waals surface area contributed by atoms with Crippen molar-refractivity contribution >= 4 is 5.78 Å². The largest absolute Gasteiger partial charge is 0.493 e. The molecule has 1 atom stereocenters. The molecule has 0 spiro atoms. The minimum absolute atomic E-state index is 0.0626. The van der Waals surface area contributed by atoms with E-state index in [9.17, 15) is 4.79 Å². The summed E-state index contributed by atoms with van der Waals surface area (Å²) in [4.78, 5) is 13.0. The van der Waals surface area contributed by atoms with Gasteiger partial charge in [0.1, 0.15) is 11.2 Å². The third-order valence-corrected chi connectivity index (χ3v) is 4.17. The molecule has 1 aromatic rings. The van der Waals surface area contributed by atoms with E-state index in [1.807, 2.05) is 50.3 Å². The van der Waals surface area contributed by atoms with Gasteiger partial charge < -0.3 is 4.74 Å². The average Bonchev–Trinajstić information content (AvgIpc) is 2.52. The highest BCUT2D eigenvalue weighted by atomic mass is 16.5. The number of carbonyl (C=O) groups excluding carboxylic acids is 1. The second-order valence-corrected chi connectivity index (χ2v) is 6.17. The topological polar surface area (TPSA) is 26.3 Å². The lowest BCUT2D eigenvalue weighted by molar-refractivity contribution is -0.125. The van der Waals surface area contributed by atoms with Gasteiger partial charge in [-0.05, 0) is 38.7 Å². The van der Waals surface area contributed by atoms with E-state index < -0.39 is 5.41 Å². The minimum Gasteiger partial charge on any atom is -0.493 e. The molecule has 0 fully saturated rings. The summed E-state index contributed by atoms with van der Waals surface area (Å²) in [5.74, 6) is 1.08. The molecule has 118 valence electrons. The van der Waals surface area contributed by atoms with E-state index in [1.54, 1.807) is 0 Å². The Kier molecular flexibility index (Phi) is 5.23. The van der Waals surface area contributed by atoms with Crippen LogP contribution in [0.25, 0.3) is 0 Å². The fourth-order valence-electron chi connectivity index (χ4n) is 3.15. The zero-order chi connectivity index (χ0) is 16.2. The highest BCUT2D eigenvalue weighted by molar-refractivity contribution is 6.13. The van der Waals surface area contributed by atoms with Crippen LogP contribution >= 0.6 is 0 Å². The molecule has 0 aliphatic heterocycles. The molecule has 0 radical (unpaired) electrons. The van der Waals surface area contributed by atoms with E-state index in [0.29, 0.717) is 6.42 Å². The van der Waals surface area contributed by atoms with Crippen LogP contribution in [0.15, 0.2) is 54.3 Å². The molecule has 0 bridgehead atoms. The van der Waals surface area contributed by atoms with Crippen molar-refractivity contribution in [1.29, 1.82) is 0 Å². The Bertz CT molecular complexity index is 569. The summed E-state index contributed by atoms with van der Waals surface area (Å²) < 4.78 is 6.10. The molecule has 1 aliphatic rings. The van der Waals surface area contributed by atoms with Crippen molar-refractivity contribution in [3.63, 3.8) is 0 Å². The van der Waals surface area contributed by atoms with Gasteiger partial charge in [-0.3, -0.25) is 4.79 Å². The smallest absolute Gasteiger partial charge is 0.180 e. The van der Waals surface area contributed by atoms with Crippen molar-refractivity contribution in [2.75, 3.05) is 0 Å². The monoisotopic (exact) mass is 298 g/mol. The lowest BCUT2D eigenvalue weighted by atomic mass is 9.60. The summed E-state index contributed by atoms with van der Waals surface area (Å²) in [6, 6.07) is 9.96. The molecule has 2 rings (SSSR count). The van der Waals surface area contributed by atoms with Crippen molar-refractivity contribution < 1.29 is 9.53 Å². The van der Waals surface area contributed by atoms with E-state index in [0.717, 1.165) is 36.2 Å². The van der Waals surface area contributed by atoms with Gasteiger partial charge in [-0.15, -0.1) is 6.58 Å². The maximum atomic E-state index is 13.0. The van der Waals surface area contributed by atoms with Crippen molar-refractivity contribution in [1.82, 2.24) is 0 Å². The van der Waals surface area contributed by atoms with E-state index >= 15 is 0 Å². The maximum absolute atomic E-state index is 13.0. The van der Waals surface area contributed by atoms with Crippen LogP contribution in [0.2, 0.25) is 0 Å². The van der Waals surface area contributed by atoms with E-state index in [2.05, 4.69) is 13.5 Å². The summed E-state index contributed by atoms with van der Waals surface area (Å²) >= 11 is 0. The summed E-state index contributed by atoms with van der Waals surface area (Å²) in [7, 11) is 0. The SMILES string of the molecule is C=CCC1(c2ccccc2)C(=O)C(CCCC)=C1OC(C)C. The normalized spacial score (nSPS) is 21.0. The lowest BCUT2D eigenvalue weighted by Gasteiger charge is -2.44. The van der Waals surface area contributed by atoms with Gasteiger partial charge in [-0.25, -0.2) is 0 Å². The fourth-order valence-corrected chi connectivity index (χ4v) is 3.15. The van der Waals surface area contributed by atoms with Crippen LogP contribution in [-0.4, -0.2) is 11.9 Å². The third kappa shape index (κ3) is 2.75. The van der Waals surface area contributed by atoms with Gasteiger partial charge in [0.25, 0.3) is 0 Å². The number of ether oxygens (including phenoxy) is 1. The molecule has 0 aromatic heterocycles. The molecule has 0 heterocycles. The first-order chi connectivity index (χ1) is 10.6. The van der Waals surface area contributed by atoms with Crippen LogP contribution in [0, 0.1) is 0 Å². The Morgan fingerprint density at radius 3 is 2.50 bits per heavy atom. The molecule has 2 heteroatoms. The maximum Gasteiger partial charge on any atom is 0.180 e. The number of rotatable bonds is 8. The van der Waals surface area contributed by atoms with Gasteiger partial charge in [0, 0.05) is 5.57 Å². The zero-order valence-corrected chi connectivity index (χ0v) is 13.9. The fraction of sp³-hybridized carbons (Fsp3) is 0.450. The first kappa shape index (κ1) is 16.5. The minimum atomic E-state index is -0.656. The Morgan fingerprint density at radius 2 is 1.95 bits per heavy atom. The van der Waals surface area contributed by atoms with Crippen LogP contribution in [0.1, 0.15) is 52.0 Å². The molecule has 2 nitrogen and oxygen atoms in total. The molecule has 0 saturated carbocycles. The number of benzene rings is 1. The van der Waals surface area contributed by atoms with Crippen molar-refractivity contribution in [2.24, 2.45) is 0 Å². The van der Waals surface area contributed by atoms with Gasteiger partial charge in [-0.1, -0.05) is 49.8 Å². The van der Waals surface area contributed by atoms with Crippen LogP contribution in [-0.2, 0) is 14.9 Å². The standard InChI is InChI=1S/C20H26O2/c1-5-7-13-17-18(21)20(14-6-2,19(17)22-15(3)4)16-11-9-8-10-12-16/h6,8-12,15H,2,5,7,13-14H2,1,3-4H3. The number of allylic oxidation sites excluding steroid dienone is 3. The number of unbranched alkanes of at least 4 members (excludes halogenated alkanes) is 1. The molecule has 22 heavy (non-hydrogen) atoms. The molecule has 1 aliphatic carbocycles. The molecule has 0 saturated heterocycles. The predicted octanol–water partition coefficient (Wildman–Crippen LogP) is 4.95. The van der Waals surface area contributed by atoms with Crippen LogP contribution in [0.4, 0.5) is 0 Å². The number of hydrogen-bond acceptors (Lipinski definition) is 2. The van der Waals surface area contributed by atoms with E-state index in [4.69, 9.17) is 4.74 Å². The highest BCUT2D eigenvalue weighted by Crippen LogP contribution is 2.50. The van der Waals surface area contributed by atoms with Gasteiger partial charge in [-0.2, -0.15) is 0 Å². The summed E-state index contributed by atoms with van der Waals surface area (Å²) in [6.45, 7) is 10.0. The predicted molar refractivity (Wildman–Crippen MR) is 90.7 cm³/mol. The first-order valence-corrected chi connectivity index (χ1v) is 8.19. The molecule has 1 aromatic carbocycles. The molecular formula is C20H26O2. The second kappa shape index (κ2) is 6.95. The Balaban J connectivity index is 2.50. The third-order valence-electron chi connectivity index (χ3n) is 4.17. The average molecular weight is 298 g/mol. The van der Waals surface area contributed by atoms with Crippen molar-refractivity contribution in [3.05, 3.63) is 59.9 Å². The molecule has 0 N–H and O–H groups in total. The molecule has 1 unspecified atom stereocenters. The molecular weight excluding hydrogens is 272 g/mol. The summed E-state index contributed by atoms with van der Waals surface area (Å²) in [5.41, 5.74) is 1.23. The quantitative estimate of drug-likeness (QED) is 0.635. The summed E-state index contributed by atoms with van der Waals surface area (Å²) in [6.07, 6.45) is 5.38. The Hall–Kier alpha value is -1.83. The lowest BCUT2D eigenvalue weighted by Crippen LogP contribution is -2.49. The molecule has 0 amide bonds. The van der Waals surface area contributed by atoms with Gasteiger partial charge in [0.2, 0.25) is 0 Å². The van der Waals surface area contributed by atoms with E-state index in [1.165, 1.54) is 0 Å². The second-order valence-electron chi connectivity index (χ2n) is 6.17. The van der Waals surface area contributed by atoms with Crippen molar-refractivity contribution in [2.45, 2.75) is 58.0 Å². The van der Waals surface area contributed by atoms with Crippen LogP contribution in [0.5, 0.6) is 0 Å². The number of Topliss-reactive ketones (excluding diaryl/α,β-unsaturated/α-hetero) is 1.